The Morgan fingerprint density at radius 3 is 2.00 bits per heavy atom. The van der Waals surface area contributed by atoms with Crippen molar-refractivity contribution in [3.8, 4) is 0 Å². The van der Waals surface area contributed by atoms with Crippen molar-refractivity contribution < 1.29 is 26.3 Å². The van der Waals surface area contributed by atoms with Crippen molar-refractivity contribution in [3.63, 3.8) is 0 Å². The minimum absolute atomic E-state index is 0.0958. The van der Waals surface area contributed by atoms with Crippen molar-refractivity contribution in [1.29, 1.82) is 0 Å². The highest BCUT2D eigenvalue weighted by Gasteiger charge is 2.33. The molecule has 2 aromatic rings. The van der Waals surface area contributed by atoms with Crippen molar-refractivity contribution in [2.75, 3.05) is 0 Å². The molecule has 0 unspecified atom stereocenters. The van der Waals surface area contributed by atoms with Gasteiger partial charge < -0.3 is 5.11 Å². The van der Waals surface area contributed by atoms with E-state index in [1.807, 2.05) is 0 Å². The molecule has 1 saturated carbocycles. The highest BCUT2D eigenvalue weighted by molar-refractivity contribution is 5.23. The first kappa shape index (κ1) is 13.1. The van der Waals surface area contributed by atoms with Crippen LogP contribution in [0, 0.1) is 7.14 Å². The Morgan fingerprint density at radius 1 is 0.789 bits per heavy atom. The highest BCUT2D eigenvalue weighted by atomic mass is 127. The number of halogens is 1. The summed E-state index contributed by atoms with van der Waals surface area (Å²) < 4.78 is 2.85. The van der Waals surface area contributed by atoms with Crippen molar-refractivity contribution >= 4 is 0 Å². The maximum absolute atomic E-state index is 10.6. The van der Waals surface area contributed by atoms with Crippen LogP contribution in [0.5, 0.6) is 0 Å². The van der Waals surface area contributed by atoms with Crippen LogP contribution in [0.4, 0.5) is 0 Å². The Bertz CT molecular complexity index is 527. The van der Waals surface area contributed by atoms with E-state index in [0.717, 1.165) is 31.2 Å². The molecule has 1 aliphatic rings. The zero-order chi connectivity index (χ0) is 13.1. The molecule has 0 atom stereocenters. The molecule has 19 heavy (non-hydrogen) atoms. The molecule has 0 radical (unpaired) electrons. The summed E-state index contributed by atoms with van der Waals surface area (Å²) in [4.78, 5) is 0. The number of hydrogen-bond acceptors (Lipinski definition) is 1. The summed E-state index contributed by atoms with van der Waals surface area (Å²) in [6, 6.07) is 19.3. The van der Waals surface area contributed by atoms with Gasteiger partial charge in [0.1, 0.15) is 0 Å². The largest absolute Gasteiger partial charge is 0.385 e. The van der Waals surface area contributed by atoms with Crippen LogP contribution >= 0.6 is 0 Å². The van der Waals surface area contributed by atoms with E-state index in [9.17, 15) is 5.11 Å². The molecule has 1 nitrogen and oxygen atoms in total. The predicted octanol–water partition coefficient (Wildman–Crippen LogP) is 0.577. The van der Waals surface area contributed by atoms with Crippen molar-refractivity contribution in [1.82, 2.24) is 0 Å². The fourth-order valence-corrected chi connectivity index (χ4v) is 4.89. The Kier molecular flexibility index (Phi) is 3.89. The minimum atomic E-state index is -0.552. The highest BCUT2D eigenvalue weighted by Crippen LogP contribution is 2.38. The van der Waals surface area contributed by atoms with Gasteiger partial charge in [-0.25, -0.2) is 0 Å². The van der Waals surface area contributed by atoms with Crippen molar-refractivity contribution in [2.24, 2.45) is 0 Å². The topological polar surface area (TPSA) is 20.2 Å². The van der Waals surface area contributed by atoms with Crippen LogP contribution in [0.25, 0.3) is 0 Å². The summed E-state index contributed by atoms with van der Waals surface area (Å²) in [5.41, 5.74) is 0.551. The molecule has 2 heteroatoms. The molecule has 3 rings (SSSR count). The first-order chi connectivity index (χ1) is 9.26. The lowest BCUT2D eigenvalue weighted by atomic mass is 9.92. The van der Waals surface area contributed by atoms with E-state index in [0.29, 0.717) is 0 Å². The number of benzene rings is 2. The maximum atomic E-state index is 10.6. The first-order valence-electron chi connectivity index (χ1n) is 6.79. The van der Waals surface area contributed by atoms with Crippen LogP contribution in [0.2, 0.25) is 0 Å². The van der Waals surface area contributed by atoms with Gasteiger partial charge in [0.05, 0.1) is 5.60 Å². The van der Waals surface area contributed by atoms with Crippen LogP contribution < -0.4 is 21.2 Å². The predicted molar refractivity (Wildman–Crippen MR) is 72.6 cm³/mol. The summed E-state index contributed by atoms with van der Waals surface area (Å²) in [6.45, 7) is 0. The van der Waals surface area contributed by atoms with Gasteiger partial charge in [-0.3, -0.25) is 0 Å². The number of rotatable bonds is 3. The van der Waals surface area contributed by atoms with Crippen LogP contribution in [0.1, 0.15) is 31.2 Å². The molecule has 1 aliphatic carbocycles. The van der Waals surface area contributed by atoms with Crippen LogP contribution in [0.15, 0.2) is 54.6 Å². The van der Waals surface area contributed by atoms with Gasteiger partial charge in [-0.15, -0.1) is 0 Å². The summed E-state index contributed by atoms with van der Waals surface area (Å²) in [7, 11) is 0. The van der Waals surface area contributed by atoms with Gasteiger partial charge in [0.25, 0.3) is 0 Å². The molecule has 0 aliphatic heterocycles. The quantitative estimate of drug-likeness (QED) is 0.789. The number of hydrogen-bond donors (Lipinski definition) is 1. The van der Waals surface area contributed by atoms with Crippen molar-refractivity contribution in [2.45, 2.75) is 31.3 Å². The Morgan fingerprint density at radius 2 is 1.37 bits per heavy atom. The van der Waals surface area contributed by atoms with Crippen LogP contribution in [-0.2, 0) is 5.60 Å². The van der Waals surface area contributed by atoms with Gasteiger partial charge >= 0.3 is 21.2 Å². The zero-order valence-corrected chi connectivity index (χ0v) is 13.0. The Balaban J connectivity index is 1.76. The average Bonchev–Trinajstić information content (AvgIpc) is 2.89. The molecule has 1 fully saturated rings. The van der Waals surface area contributed by atoms with E-state index in [1.165, 1.54) is 7.14 Å². The fraction of sp³-hybridized carbons (Fsp3) is 0.294. The molecule has 98 valence electrons. The molecule has 0 saturated heterocycles. The normalized spacial score (nSPS) is 17.5. The second-order valence-corrected chi connectivity index (χ2v) is 8.17. The van der Waals surface area contributed by atoms with E-state index in [-0.39, 0.29) is 21.2 Å². The standard InChI is InChI=1S/C17H18IO/c19-17(12-4-5-13-17)14-8-10-16(11-9-14)18-15-6-2-1-3-7-15/h1-3,6-11,19H,4-5,12-13H2/q+1. The fourth-order valence-electron chi connectivity index (χ4n) is 2.68. The summed E-state index contributed by atoms with van der Waals surface area (Å²) in [5.74, 6) is 0. The molecule has 0 aromatic heterocycles. The maximum Gasteiger partial charge on any atom is 0.357 e. The zero-order valence-electron chi connectivity index (χ0n) is 10.8. The smallest absolute Gasteiger partial charge is 0.357 e. The Hall–Kier alpha value is -0.870. The van der Waals surface area contributed by atoms with E-state index in [2.05, 4.69) is 54.6 Å². The van der Waals surface area contributed by atoms with Gasteiger partial charge in [-0.05, 0) is 42.7 Å². The minimum Gasteiger partial charge on any atom is -0.385 e. The molecule has 1 N–H and O–H groups in total. The third kappa shape index (κ3) is 3.00. The molecule has 0 bridgehead atoms. The van der Waals surface area contributed by atoms with E-state index >= 15 is 0 Å². The second kappa shape index (κ2) is 5.63. The molecule has 0 spiro atoms. The van der Waals surface area contributed by atoms with E-state index in [4.69, 9.17) is 0 Å². The summed E-state index contributed by atoms with van der Waals surface area (Å²) in [6.07, 6.45) is 4.13. The average molecular weight is 365 g/mol. The SMILES string of the molecule is OC1(c2ccc([I+]c3ccccc3)cc2)CCCC1. The lowest BCUT2D eigenvalue weighted by Crippen LogP contribution is -3.61. The lowest BCUT2D eigenvalue weighted by molar-refractivity contribution is -0.597. The number of aliphatic hydroxyl groups is 1. The monoisotopic (exact) mass is 365 g/mol. The van der Waals surface area contributed by atoms with Crippen molar-refractivity contribution in [3.05, 3.63) is 67.3 Å². The first-order valence-corrected chi connectivity index (χ1v) is 8.95. The summed E-state index contributed by atoms with van der Waals surface area (Å²) >= 11 is -0.0958. The van der Waals surface area contributed by atoms with Gasteiger partial charge in [-0.2, -0.15) is 0 Å². The van der Waals surface area contributed by atoms with E-state index in [1.54, 1.807) is 0 Å². The second-order valence-electron chi connectivity index (χ2n) is 5.14. The molecule has 2 aromatic carbocycles. The third-order valence-electron chi connectivity index (χ3n) is 3.76. The van der Waals surface area contributed by atoms with Gasteiger partial charge in [0.2, 0.25) is 0 Å². The molecule has 0 heterocycles. The molecular formula is C17H18IO+. The Labute approximate surface area is 124 Å². The summed E-state index contributed by atoms with van der Waals surface area (Å²) in [5, 5.41) is 10.6. The lowest BCUT2D eigenvalue weighted by Gasteiger charge is -2.22. The van der Waals surface area contributed by atoms with Crippen LogP contribution in [0.3, 0.4) is 0 Å². The molecule has 0 amide bonds. The van der Waals surface area contributed by atoms with Gasteiger partial charge in [-0.1, -0.05) is 43.2 Å². The third-order valence-corrected chi connectivity index (χ3v) is 6.45. The van der Waals surface area contributed by atoms with Gasteiger partial charge in [0, 0.05) is 0 Å². The van der Waals surface area contributed by atoms with Crippen LogP contribution in [-0.4, -0.2) is 5.11 Å². The molecular weight excluding hydrogens is 347 g/mol. The van der Waals surface area contributed by atoms with Gasteiger partial charge in [0.15, 0.2) is 7.14 Å². The van der Waals surface area contributed by atoms with E-state index < -0.39 is 5.60 Å².